The van der Waals surface area contributed by atoms with Crippen LogP contribution in [0.5, 0.6) is 0 Å². The third kappa shape index (κ3) is 5.67. The van der Waals surface area contributed by atoms with Crippen molar-refractivity contribution in [1.82, 2.24) is 19.4 Å². The van der Waals surface area contributed by atoms with Crippen molar-refractivity contribution >= 4 is 11.3 Å². The van der Waals surface area contributed by atoms with E-state index in [1.807, 2.05) is 47.9 Å². The van der Waals surface area contributed by atoms with Gasteiger partial charge in [0.2, 0.25) is 0 Å². The van der Waals surface area contributed by atoms with E-state index in [1.165, 1.54) is 5.56 Å². The van der Waals surface area contributed by atoms with Gasteiger partial charge in [-0.1, -0.05) is 106 Å². The maximum atomic E-state index is 14.2. The fraction of sp³-hybridized carbons (Fsp3) is 0.286. The molecular formula is C35H36N4OS. The van der Waals surface area contributed by atoms with Crippen LogP contribution in [-0.2, 0) is 24.9 Å². The van der Waals surface area contributed by atoms with E-state index in [9.17, 15) is 4.79 Å². The van der Waals surface area contributed by atoms with Crippen LogP contribution in [0, 0.1) is 6.92 Å². The Labute approximate surface area is 246 Å². The van der Waals surface area contributed by atoms with Gasteiger partial charge in [0.25, 0.3) is 5.56 Å². The van der Waals surface area contributed by atoms with Gasteiger partial charge in [0.15, 0.2) is 0 Å². The predicted octanol–water partition coefficient (Wildman–Crippen LogP) is 7.17. The summed E-state index contributed by atoms with van der Waals surface area (Å²) in [7, 11) is 0. The lowest BCUT2D eigenvalue weighted by atomic mass is 9.93. The van der Waals surface area contributed by atoms with Crippen LogP contribution < -0.4 is 5.56 Å². The lowest BCUT2D eigenvalue weighted by molar-refractivity contribution is 0.240. The van der Waals surface area contributed by atoms with Crippen LogP contribution in [0.1, 0.15) is 66.3 Å². The Bertz CT molecular complexity index is 1660. The molecule has 0 spiro atoms. The first-order valence-corrected chi connectivity index (χ1v) is 15.1. The Balaban J connectivity index is 1.26. The summed E-state index contributed by atoms with van der Waals surface area (Å²) in [5, 5.41) is 3.22. The Morgan fingerprint density at radius 1 is 0.878 bits per heavy atom. The second kappa shape index (κ2) is 11.2. The molecule has 1 aliphatic heterocycles. The van der Waals surface area contributed by atoms with Crippen LogP contribution in [-0.4, -0.2) is 26.0 Å². The van der Waals surface area contributed by atoms with Gasteiger partial charge in [-0.3, -0.25) is 14.3 Å². The summed E-state index contributed by atoms with van der Waals surface area (Å²) in [5.41, 5.74) is 7.52. The molecule has 0 fully saturated rings. The first-order chi connectivity index (χ1) is 19.8. The molecule has 0 radical (unpaired) electrons. The molecule has 3 heterocycles. The topological polar surface area (TPSA) is 51.0 Å². The number of aromatic nitrogens is 3. The average Bonchev–Trinajstić information content (AvgIpc) is 3.48. The zero-order valence-electron chi connectivity index (χ0n) is 24.2. The first-order valence-electron chi connectivity index (χ1n) is 14.3. The van der Waals surface area contributed by atoms with Crippen LogP contribution in [0.4, 0.5) is 0 Å². The summed E-state index contributed by atoms with van der Waals surface area (Å²) in [6.45, 7) is 10.8. The number of benzene rings is 3. The molecule has 0 saturated heterocycles. The van der Waals surface area contributed by atoms with Crippen molar-refractivity contribution in [2.45, 2.75) is 58.7 Å². The first kappa shape index (κ1) is 27.3. The quantitative estimate of drug-likeness (QED) is 0.221. The molecule has 0 saturated carbocycles. The van der Waals surface area contributed by atoms with E-state index in [2.05, 4.69) is 79.6 Å². The summed E-state index contributed by atoms with van der Waals surface area (Å²) >= 11 is 1.70. The number of rotatable bonds is 6. The number of hydrogen-bond donors (Lipinski definition) is 0. The summed E-state index contributed by atoms with van der Waals surface area (Å²) in [4.78, 5) is 26.4. The van der Waals surface area contributed by atoms with E-state index >= 15 is 0 Å². The van der Waals surface area contributed by atoms with Crippen LogP contribution in [0.25, 0.3) is 10.6 Å². The predicted molar refractivity (Wildman–Crippen MR) is 167 cm³/mol. The second-order valence-corrected chi connectivity index (χ2v) is 12.8. The van der Waals surface area contributed by atoms with E-state index in [0.717, 1.165) is 64.0 Å². The van der Waals surface area contributed by atoms with E-state index in [4.69, 9.17) is 9.97 Å². The van der Waals surface area contributed by atoms with Gasteiger partial charge in [0.1, 0.15) is 10.8 Å². The second-order valence-electron chi connectivity index (χ2n) is 11.9. The standard InChI is InChI=1S/C35H36N4OS/c1-24-36-30-19-20-38(21-25-15-17-28(18-16-25)33-37-31(23-41-33)35(2,3)4)22-29(30)34(40)39(24)32(26-11-7-5-8-12-26)27-13-9-6-10-14-27/h5-18,23,32H,19-22H2,1-4H3. The molecule has 6 heteroatoms. The lowest BCUT2D eigenvalue weighted by Gasteiger charge is -2.30. The normalized spacial score (nSPS) is 13.9. The number of thiazole rings is 1. The minimum atomic E-state index is -0.227. The molecule has 0 N–H and O–H groups in total. The Hall–Kier alpha value is -3.87. The van der Waals surface area contributed by atoms with E-state index in [1.54, 1.807) is 11.3 Å². The van der Waals surface area contributed by atoms with Crippen molar-refractivity contribution in [3.05, 3.63) is 140 Å². The SMILES string of the molecule is Cc1nc2c(c(=O)n1C(c1ccccc1)c1ccccc1)CN(Cc1ccc(-c3nc(C(C)(C)C)cs3)cc1)CC2. The van der Waals surface area contributed by atoms with E-state index < -0.39 is 0 Å². The zero-order valence-corrected chi connectivity index (χ0v) is 25.0. The molecule has 5 aromatic rings. The van der Waals surface area contributed by atoms with Gasteiger partial charge in [-0.15, -0.1) is 11.3 Å². The fourth-order valence-electron chi connectivity index (χ4n) is 5.63. The largest absolute Gasteiger partial charge is 0.294 e. The molecule has 5 nitrogen and oxygen atoms in total. The van der Waals surface area contributed by atoms with Crippen molar-refractivity contribution < 1.29 is 0 Å². The van der Waals surface area contributed by atoms with Crippen molar-refractivity contribution in [3.63, 3.8) is 0 Å². The average molecular weight is 561 g/mol. The van der Waals surface area contributed by atoms with Gasteiger partial charge >= 0.3 is 0 Å². The van der Waals surface area contributed by atoms with Gasteiger partial charge in [0, 0.05) is 42.4 Å². The van der Waals surface area contributed by atoms with Crippen molar-refractivity contribution in [1.29, 1.82) is 0 Å². The van der Waals surface area contributed by atoms with Crippen molar-refractivity contribution in [2.75, 3.05) is 6.54 Å². The number of aryl methyl sites for hydroxylation is 1. The highest BCUT2D eigenvalue weighted by atomic mass is 32.1. The summed E-state index contributed by atoms with van der Waals surface area (Å²) in [6, 6.07) is 29.0. The molecule has 41 heavy (non-hydrogen) atoms. The summed E-state index contributed by atoms with van der Waals surface area (Å²) < 4.78 is 1.89. The third-order valence-electron chi connectivity index (χ3n) is 7.89. The highest BCUT2D eigenvalue weighted by Gasteiger charge is 2.27. The minimum Gasteiger partial charge on any atom is -0.294 e. The number of nitrogens with zero attached hydrogens (tertiary/aromatic N) is 4. The Kier molecular flexibility index (Phi) is 7.45. The summed E-state index contributed by atoms with van der Waals surface area (Å²) in [5.74, 6) is 0.757. The maximum Gasteiger partial charge on any atom is 0.259 e. The van der Waals surface area contributed by atoms with Gasteiger partial charge in [-0.25, -0.2) is 9.97 Å². The van der Waals surface area contributed by atoms with Gasteiger partial charge < -0.3 is 0 Å². The lowest BCUT2D eigenvalue weighted by Crippen LogP contribution is -2.40. The van der Waals surface area contributed by atoms with Gasteiger partial charge in [-0.2, -0.15) is 0 Å². The molecule has 0 aliphatic carbocycles. The Morgan fingerprint density at radius 3 is 2.10 bits per heavy atom. The van der Waals surface area contributed by atoms with E-state index in [0.29, 0.717) is 6.54 Å². The minimum absolute atomic E-state index is 0.0490. The third-order valence-corrected chi connectivity index (χ3v) is 8.78. The molecule has 6 rings (SSSR count). The fourth-order valence-corrected chi connectivity index (χ4v) is 6.68. The highest BCUT2D eigenvalue weighted by molar-refractivity contribution is 7.13. The molecular weight excluding hydrogens is 524 g/mol. The van der Waals surface area contributed by atoms with E-state index in [-0.39, 0.29) is 17.0 Å². The molecule has 0 atom stereocenters. The number of hydrogen-bond acceptors (Lipinski definition) is 5. The molecule has 0 unspecified atom stereocenters. The molecule has 3 aromatic carbocycles. The smallest absolute Gasteiger partial charge is 0.259 e. The molecule has 2 aromatic heterocycles. The van der Waals surface area contributed by atoms with Gasteiger partial charge in [-0.05, 0) is 23.6 Å². The zero-order chi connectivity index (χ0) is 28.6. The molecule has 0 amide bonds. The number of fused-ring (bicyclic) bond motifs is 1. The molecule has 0 bridgehead atoms. The monoisotopic (exact) mass is 560 g/mol. The molecule has 208 valence electrons. The van der Waals surface area contributed by atoms with Crippen molar-refractivity contribution in [2.24, 2.45) is 0 Å². The summed E-state index contributed by atoms with van der Waals surface area (Å²) in [6.07, 6.45) is 0.778. The molecule has 1 aliphatic rings. The highest BCUT2D eigenvalue weighted by Crippen LogP contribution is 2.31. The van der Waals surface area contributed by atoms with Crippen LogP contribution in [0.3, 0.4) is 0 Å². The van der Waals surface area contributed by atoms with Crippen LogP contribution >= 0.6 is 11.3 Å². The Morgan fingerprint density at radius 2 is 1.51 bits per heavy atom. The van der Waals surface area contributed by atoms with Gasteiger partial charge in [0.05, 0.1) is 23.0 Å². The van der Waals surface area contributed by atoms with Crippen LogP contribution in [0.15, 0.2) is 95.1 Å². The van der Waals surface area contributed by atoms with Crippen molar-refractivity contribution in [3.8, 4) is 10.6 Å². The van der Waals surface area contributed by atoms with Crippen LogP contribution in [0.2, 0.25) is 0 Å². The maximum absolute atomic E-state index is 14.2.